The van der Waals surface area contributed by atoms with Gasteiger partial charge in [-0.2, -0.15) is 5.26 Å². The van der Waals surface area contributed by atoms with Gasteiger partial charge in [-0.1, -0.05) is 6.07 Å². The maximum absolute atomic E-state index is 11.6. The van der Waals surface area contributed by atoms with E-state index < -0.39 is 0 Å². The second-order valence-corrected chi connectivity index (χ2v) is 6.02. The molecule has 2 rings (SSSR count). The smallest absolute Gasteiger partial charge is 0.306 e. The van der Waals surface area contributed by atoms with Crippen LogP contribution in [0, 0.1) is 17.2 Å². The van der Waals surface area contributed by atoms with Crippen molar-refractivity contribution in [3.63, 3.8) is 0 Å². The van der Waals surface area contributed by atoms with E-state index in [0.29, 0.717) is 19.3 Å². The lowest BCUT2D eigenvalue weighted by Crippen LogP contribution is -2.15. The summed E-state index contributed by atoms with van der Waals surface area (Å²) in [6.07, 6.45) is 1.53. The number of ether oxygens (including phenoxy) is 1. The summed E-state index contributed by atoms with van der Waals surface area (Å²) in [4.78, 5) is 16.9. The number of esters is 1. The maximum atomic E-state index is 11.6. The van der Waals surface area contributed by atoms with Crippen LogP contribution in [0.2, 0.25) is 0 Å². The fraction of sp³-hybridized carbons (Fsp3) is 0.357. The maximum Gasteiger partial charge on any atom is 0.306 e. The summed E-state index contributed by atoms with van der Waals surface area (Å²) in [5.74, 6) is -0.554. The molecule has 0 aliphatic heterocycles. The standard InChI is InChI=1S/C14H14N2O2S2/c15-7-11(6-13-2-1-5-20-13)8-18-14(17)4-3-12-9-19-10-16-12/h1-2,5,9-11H,3-4,6,8H2/t11-/m0/s1. The summed E-state index contributed by atoms with van der Waals surface area (Å²) in [6.45, 7) is 0.157. The second-order valence-electron chi connectivity index (χ2n) is 4.27. The Balaban J connectivity index is 1.70. The molecule has 104 valence electrons. The van der Waals surface area contributed by atoms with E-state index in [1.807, 2.05) is 22.9 Å². The van der Waals surface area contributed by atoms with Gasteiger partial charge in [-0.05, 0) is 11.4 Å². The van der Waals surface area contributed by atoms with E-state index in [0.717, 1.165) is 10.6 Å². The van der Waals surface area contributed by atoms with Crippen LogP contribution >= 0.6 is 22.7 Å². The SMILES string of the molecule is N#C[C@@H](COC(=O)CCc1cscn1)Cc1cccs1. The number of aromatic nitrogens is 1. The highest BCUT2D eigenvalue weighted by molar-refractivity contribution is 7.09. The average Bonchev–Trinajstić information content (AvgIpc) is 3.14. The number of thiophene rings is 1. The van der Waals surface area contributed by atoms with Gasteiger partial charge in [-0.15, -0.1) is 22.7 Å². The normalized spacial score (nSPS) is 11.8. The van der Waals surface area contributed by atoms with E-state index in [4.69, 9.17) is 10.00 Å². The Kier molecular flexibility index (Phi) is 5.71. The van der Waals surface area contributed by atoms with E-state index in [2.05, 4.69) is 11.1 Å². The van der Waals surface area contributed by atoms with Gasteiger partial charge in [0.05, 0.1) is 29.6 Å². The van der Waals surface area contributed by atoms with Gasteiger partial charge in [-0.25, -0.2) is 4.98 Å². The van der Waals surface area contributed by atoms with Gasteiger partial charge in [-0.3, -0.25) is 4.79 Å². The molecule has 0 saturated heterocycles. The Morgan fingerprint density at radius 1 is 1.55 bits per heavy atom. The zero-order chi connectivity index (χ0) is 14.2. The second kappa shape index (κ2) is 7.78. The first-order valence-corrected chi connectivity index (χ1v) is 8.05. The van der Waals surface area contributed by atoms with Crippen LogP contribution in [-0.2, 0) is 22.4 Å². The molecular formula is C14H14N2O2S2. The molecule has 0 bridgehead atoms. The van der Waals surface area contributed by atoms with E-state index in [-0.39, 0.29) is 18.5 Å². The van der Waals surface area contributed by atoms with Crippen LogP contribution in [0.5, 0.6) is 0 Å². The van der Waals surface area contributed by atoms with Gasteiger partial charge in [0.1, 0.15) is 6.61 Å². The van der Waals surface area contributed by atoms with Crippen molar-refractivity contribution in [2.75, 3.05) is 6.61 Å². The van der Waals surface area contributed by atoms with Crippen LogP contribution in [0.4, 0.5) is 0 Å². The molecule has 0 radical (unpaired) electrons. The van der Waals surface area contributed by atoms with Crippen molar-refractivity contribution in [3.8, 4) is 6.07 Å². The van der Waals surface area contributed by atoms with Crippen LogP contribution in [0.1, 0.15) is 17.0 Å². The number of nitriles is 1. The first-order chi connectivity index (χ1) is 9.78. The van der Waals surface area contributed by atoms with E-state index in [9.17, 15) is 4.79 Å². The molecule has 1 atom stereocenters. The molecule has 0 spiro atoms. The number of thiazole rings is 1. The highest BCUT2D eigenvalue weighted by Crippen LogP contribution is 2.15. The summed E-state index contributed by atoms with van der Waals surface area (Å²) >= 11 is 3.12. The van der Waals surface area contributed by atoms with Crippen molar-refractivity contribution in [2.24, 2.45) is 5.92 Å². The lowest BCUT2D eigenvalue weighted by Gasteiger charge is -2.08. The quantitative estimate of drug-likeness (QED) is 0.738. The first kappa shape index (κ1) is 14.7. The predicted molar refractivity (Wildman–Crippen MR) is 78.5 cm³/mol. The fourth-order valence-electron chi connectivity index (χ4n) is 1.67. The van der Waals surface area contributed by atoms with Crippen molar-refractivity contribution in [3.05, 3.63) is 39.0 Å². The Labute approximate surface area is 125 Å². The summed E-state index contributed by atoms with van der Waals surface area (Å²) in [5.41, 5.74) is 2.65. The largest absolute Gasteiger partial charge is 0.464 e. The monoisotopic (exact) mass is 306 g/mol. The van der Waals surface area contributed by atoms with Gasteiger partial charge < -0.3 is 4.74 Å². The van der Waals surface area contributed by atoms with Crippen LogP contribution in [-0.4, -0.2) is 17.6 Å². The molecule has 20 heavy (non-hydrogen) atoms. The van der Waals surface area contributed by atoms with Crippen LogP contribution in [0.3, 0.4) is 0 Å². The van der Waals surface area contributed by atoms with Crippen molar-refractivity contribution in [2.45, 2.75) is 19.3 Å². The third-order valence-corrected chi connectivity index (χ3v) is 4.26. The summed E-state index contributed by atoms with van der Waals surface area (Å²) < 4.78 is 5.16. The number of rotatable bonds is 7. The molecule has 2 heterocycles. The fourth-order valence-corrected chi connectivity index (χ4v) is 3.05. The van der Waals surface area contributed by atoms with Crippen molar-refractivity contribution >= 4 is 28.6 Å². The molecule has 0 saturated carbocycles. The zero-order valence-electron chi connectivity index (χ0n) is 10.8. The molecule has 0 aliphatic rings. The minimum absolute atomic E-state index is 0.157. The third-order valence-electron chi connectivity index (χ3n) is 2.72. The van der Waals surface area contributed by atoms with Crippen LogP contribution < -0.4 is 0 Å². The van der Waals surface area contributed by atoms with Gasteiger partial charge in [0, 0.05) is 23.1 Å². The molecule has 0 unspecified atom stereocenters. The summed E-state index contributed by atoms with van der Waals surface area (Å²) in [5, 5.41) is 13.0. The van der Waals surface area contributed by atoms with Crippen LogP contribution in [0.25, 0.3) is 0 Å². The lowest BCUT2D eigenvalue weighted by molar-refractivity contribution is -0.144. The average molecular weight is 306 g/mol. The van der Waals surface area contributed by atoms with Gasteiger partial charge in [0.25, 0.3) is 0 Å². The first-order valence-electron chi connectivity index (χ1n) is 6.22. The highest BCUT2D eigenvalue weighted by atomic mass is 32.1. The Hall–Kier alpha value is -1.71. The third kappa shape index (κ3) is 4.76. The number of aryl methyl sites for hydroxylation is 1. The van der Waals surface area contributed by atoms with Crippen molar-refractivity contribution in [1.82, 2.24) is 4.98 Å². The Morgan fingerprint density at radius 2 is 2.45 bits per heavy atom. The highest BCUT2D eigenvalue weighted by Gasteiger charge is 2.13. The van der Waals surface area contributed by atoms with Crippen LogP contribution in [0.15, 0.2) is 28.4 Å². The minimum Gasteiger partial charge on any atom is -0.464 e. The number of carbonyl (C=O) groups excluding carboxylic acids is 1. The molecular weight excluding hydrogens is 292 g/mol. The molecule has 2 aromatic heterocycles. The van der Waals surface area contributed by atoms with Crippen molar-refractivity contribution < 1.29 is 9.53 Å². The van der Waals surface area contributed by atoms with E-state index in [1.165, 1.54) is 11.3 Å². The minimum atomic E-state index is -0.281. The number of hydrogen-bond donors (Lipinski definition) is 0. The molecule has 4 nitrogen and oxygen atoms in total. The zero-order valence-corrected chi connectivity index (χ0v) is 12.5. The van der Waals surface area contributed by atoms with Gasteiger partial charge in [0.2, 0.25) is 0 Å². The molecule has 0 fully saturated rings. The van der Waals surface area contributed by atoms with Crippen molar-refractivity contribution in [1.29, 1.82) is 5.26 Å². The summed E-state index contributed by atoms with van der Waals surface area (Å²) in [6, 6.07) is 6.12. The molecule has 2 aromatic rings. The number of hydrogen-bond acceptors (Lipinski definition) is 6. The number of nitrogens with zero attached hydrogens (tertiary/aromatic N) is 2. The predicted octanol–water partition coefficient (Wildman–Crippen LogP) is 3.06. The lowest BCUT2D eigenvalue weighted by atomic mass is 10.1. The summed E-state index contributed by atoms with van der Waals surface area (Å²) in [7, 11) is 0. The molecule has 0 aliphatic carbocycles. The Morgan fingerprint density at radius 3 is 3.10 bits per heavy atom. The van der Waals surface area contributed by atoms with E-state index in [1.54, 1.807) is 16.8 Å². The Bertz CT molecular complexity index is 559. The van der Waals surface area contributed by atoms with E-state index >= 15 is 0 Å². The van der Waals surface area contributed by atoms with Gasteiger partial charge >= 0.3 is 5.97 Å². The topological polar surface area (TPSA) is 63.0 Å². The molecule has 0 aromatic carbocycles. The molecule has 0 N–H and O–H groups in total. The molecule has 0 amide bonds. The molecule has 6 heteroatoms. The number of carbonyl (C=O) groups is 1. The van der Waals surface area contributed by atoms with Gasteiger partial charge in [0.15, 0.2) is 0 Å².